The number of nitrogens with zero attached hydrogens (tertiary/aromatic N) is 2. The standard InChI is InChI=1S/C19H32N4O2S/c1-6-20-18(23(5)14-17(24)22-19(2,3)4)21-12-13-26(25)15-16-10-8-7-9-11-16/h7-11H,6,12-15H2,1-5H3,(H,20,21)(H,22,24). The maximum atomic E-state index is 12.2. The number of guanidine groups is 1. The molecule has 0 bridgehead atoms. The molecule has 1 rings (SSSR count). The molecule has 0 aliphatic carbocycles. The Labute approximate surface area is 159 Å². The number of benzene rings is 1. The molecule has 6 nitrogen and oxygen atoms in total. The van der Waals surface area contributed by atoms with Crippen molar-refractivity contribution in [2.75, 3.05) is 32.4 Å². The van der Waals surface area contributed by atoms with Gasteiger partial charge in [-0.05, 0) is 33.3 Å². The van der Waals surface area contributed by atoms with E-state index < -0.39 is 10.8 Å². The average Bonchev–Trinajstić information content (AvgIpc) is 2.53. The normalized spacial score (nSPS) is 13.2. The summed E-state index contributed by atoms with van der Waals surface area (Å²) in [7, 11) is 0.863. The molecule has 0 fully saturated rings. The molecular formula is C19H32N4O2S. The Morgan fingerprint density at radius 1 is 1.23 bits per heavy atom. The molecule has 26 heavy (non-hydrogen) atoms. The highest BCUT2D eigenvalue weighted by atomic mass is 32.2. The van der Waals surface area contributed by atoms with E-state index in [1.807, 2.05) is 65.1 Å². The smallest absolute Gasteiger partial charge is 0.240 e. The van der Waals surface area contributed by atoms with Gasteiger partial charge in [0.2, 0.25) is 5.91 Å². The van der Waals surface area contributed by atoms with Gasteiger partial charge in [0.15, 0.2) is 5.96 Å². The lowest BCUT2D eigenvalue weighted by Gasteiger charge is -2.25. The van der Waals surface area contributed by atoms with Crippen LogP contribution < -0.4 is 10.6 Å². The van der Waals surface area contributed by atoms with Crippen molar-refractivity contribution in [2.24, 2.45) is 4.99 Å². The third kappa shape index (κ3) is 9.56. The van der Waals surface area contributed by atoms with Gasteiger partial charge in [-0.25, -0.2) is 0 Å². The SMILES string of the molecule is CCNC(=NCCS(=O)Cc1ccccc1)N(C)CC(=O)NC(C)(C)C. The zero-order valence-corrected chi connectivity index (χ0v) is 17.4. The molecule has 2 N–H and O–H groups in total. The van der Waals surface area contributed by atoms with Crippen LogP contribution in [0, 0.1) is 0 Å². The minimum absolute atomic E-state index is 0.0572. The van der Waals surface area contributed by atoms with Crippen LogP contribution in [0.25, 0.3) is 0 Å². The fourth-order valence-electron chi connectivity index (χ4n) is 2.30. The first-order valence-corrected chi connectivity index (χ1v) is 10.4. The Morgan fingerprint density at radius 2 is 1.88 bits per heavy atom. The van der Waals surface area contributed by atoms with E-state index in [4.69, 9.17) is 0 Å². The summed E-state index contributed by atoms with van der Waals surface area (Å²) in [5.41, 5.74) is 0.805. The van der Waals surface area contributed by atoms with Crippen molar-refractivity contribution in [3.05, 3.63) is 35.9 Å². The average molecular weight is 381 g/mol. The maximum Gasteiger partial charge on any atom is 0.240 e. The molecule has 1 amide bonds. The molecule has 0 heterocycles. The monoisotopic (exact) mass is 380 g/mol. The Bertz CT molecular complexity index is 612. The van der Waals surface area contributed by atoms with Gasteiger partial charge in [-0.15, -0.1) is 0 Å². The van der Waals surface area contributed by atoms with Crippen LogP contribution in [-0.4, -0.2) is 58.9 Å². The molecule has 1 unspecified atom stereocenters. The van der Waals surface area contributed by atoms with Gasteiger partial charge in [-0.1, -0.05) is 30.3 Å². The molecule has 1 aromatic rings. The first-order valence-electron chi connectivity index (χ1n) is 8.90. The third-order valence-corrected chi connectivity index (χ3v) is 4.64. The highest BCUT2D eigenvalue weighted by Crippen LogP contribution is 2.03. The number of aliphatic imine (C=N–C) groups is 1. The summed E-state index contributed by atoms with van der Waals surface area (Å²) in [6, 6.07) is 9.81. The summed E-state index contributed by atoms with van der Waals surface area (Å²) < 4.78 is 12.2. The van der Waals surface area contributed by atoms with Crippen molar-refractivity contribution in [3.8, 4) is 0 Å². The van der Waals surface area contributed by atoms with Crippen LogP contribution >= 0.6 is 0 Å². The third-order valence-electron chi connectivity index (χ3n) is 3.34. The van der Waals surface area contributed by atoms with Gasteiger partial charge >= 0.3 is 0 Å². The number of hydrogen-bond acceptors (Lipinski definition) is 3. The second-order valence-corrected chi connectivity index (χ2v) is 8.74. The number of hydrogen-bond donors (Lipinski definition) is 2. The topological polar surface area (TPSA) is 73.8 Å². The molecule has 0 spiro atoms. The summed E-state index contributed by atoms with van der Waals surface area (Å²) in [4.78, 5) is 18.4. The van der Waals surface area contributed by atoms with E-state index in [0.717, 1.165) is 5.56 Å². The highest BCUT2D eigenvalue weighted by molar-refractivity contribution is 7.84. The zero-order valence-electron chi connectivity index (χ0n) is 16.5. The fourth-order valence-corrected chi connectivity index (χ4v) is 3.31. The molecule has 1 atom stereocenters. The van der Waals surface area contributed by atoms with Crippen LogP contribution in [0.4, 0.5) is 0 Å². The van der Waals surface area contributed by atoms with E-state index in [-0.39, 0.29) is 18.0 Å². The molecule has 0 aromatic heterocycles. The predicted molar refractivity (Wildman–Crippen MR) is 110 cm³/mol. The van der Waals surface area contributed by atoms with Gasteiger partial charge in [0.05, 0.1) is 13.1 Å². The van der Waals surface area contributed by atoms with Gasteiger partial charge in [-0.2, -0.15) is 0 Å². The molecule has 7 heteroatoms. The molecule has 0 radical (unpaired) electrons. The largest absolute Gasteiger partial charge is 0.357 e. The Hall–Kier alpha value is -1.89. The van der Waals surface area contributed by atoms with Crippen molar-refractivity contribution < 1.29 is 9.00 Å². The Morgan fingerprint density at radius 3 is 2.46 bits per heavy atom. The quantitative estimate of drug-likeness (QED) is 0.532. The summed E-state index contributed by atoms with van der Waals surface area (Å²) in [6.07, 6.45) is 0. The molecule has 1 aromatic carbocycles. The van der Waals surface area contributed by atoms with Crippen molar-refractivity contribution >= 4 is 22.7 Å². The van der Waals surface area contributed by atoms with Gasteiger partial charge in [0.1, 0.15) is 0 Å². The summed E-state index contributed by atoms with van der Waals surface area (Å²) in [5.74, 6) is 1.62. The molecule has 0 saturated carbocycles. The van der Waals surface area contributed by atoms with E-state index in [1.165, 1.54) is 0 Å². The van der Waals surface area contributed by atoms with E-state index in [9.17, 15) is 9.00 Å². The highest BCUT2D eigenvalue weighted by Gasteiger charge is 2.16. The van der Waals surface area contributed by atoms with Crippen LogP contribution in [0.15, 0.2) is 35.3 Å². The van der Waals surface area contributed by atoms with Crippen LogP contribution in [0.3, 0.4) is 0 Å². The molecule has 146 valence electrons. The Kier molecular flexibility index (Phi) is 9.34. The van der Waals surface area contributed by atoms with Crippen LogP contribution in [0.2, 0.25) is 0 Å². The first-order chi connectivity index (χ1) is 12.2. The van der Waals surface area contributed by atoms with Crippen molar-refractivity contribution in [1.29, 1.82) is 0 Å². The van der Waals surface area contributed by atoms with Gasteiger partial charge in [0, 0.05) is 41.4 Å². The van der Waals surface area contributed by atoms with Crippen LogP contribution in [0.1, 0.15) is 33.3 Å². The fraction of sp³-hybridized carbons (Fsp3) is 0.579. The van der Waals surface area contributed by atoms with Gasteiger partial charge in [-0.3, -0.25) is 14.0 Å². The lowest BCUT2D eigenvalue weighted by atomic mass is 10.1. The molecule has 0 saturated heterocycles. The van der Waals surface area contributed by atoms with E-state index in [2.05, 4.69) is 15.6 Å². The minimum Gasteiger partial charge on any atom is -0.357 e. The minimum atomic E-state index is -0.961. The number of rotatable bonds is 8. The first kappa shape index (κ1) is 22.2. The van der Waals surface area contributed by atoms with E-state index in [0.29, 0.717) is 30.6 Å². The van der Waals surface area contributed by atoms with Crippen molar-refractivity contribution in [2.45, 2.75) is 39.0 Å². The van der Waals surface area contributed by atoms with Crippen LogP contribution in [0.5, 0.6) is 0 Å². The van der Waals surface area contributed by atoms with E-state index in [1.54, 1.807) is 4.90 Å². The van der Waals surface area contributed by atoms with E-state index >= 15 is 0 Å². The summed E-state index contributed by atoms with van der Waals surface area (Å²) in [5, 5.41) is 6.11. The molecule has 0 aliphatic heterocycles. The lowest BCUT2D eigenvalue weighted by molar-refractivity contribution is -0.122. The van der Waals surface area contributed by atoms with Crippen LogP contribution in [-0.2, 0) is 21.3 Å². The summed E-state index contributed by atoms with van der Waals surface area (Å²) in [6.45, 7) is 9.21. The van der Waals surface area contributed by atoms with Crippen molar-refractivity contribution in [1.82, 2.24) is 15.5 Å². The number of amides is 1. The Balaban J connectivity index is 2.53. The number of nitrogens with one attached hydrogen (secondary N) is 2. The number of likely N-dealkylation sites (N-methyl/N-ethyl adjacent to an activating group) is 1. The second kappa shape index (κ2) is 11.0. The van der Waals surface area contributed by atoms with Gasteiger partial charge < -0.3 is 15.5 Å². The number of carbonyl (C=O) groups is 1. The van der Waals surface area contributed by atoms with Gasteiger partial charge in [0.25, 0.3) is 0 Å². The lowest BCUT2D eigenvalue weighted by Crippen LogP contribution is -2.48. The molecular weight excluding hydrogens is 348 g/mol. The number of carbonyl (C=O) groups excluding carboxylic acids is 1. The van der Waals surface area contributed by atoms with Crippen molar-refractivity contribution in [3.63, 3.8) is 0 Å². The summed E-state index contributed by atoms with van der Waals surface area (Å²) >= 11 is 0. The molecule has 0 aliphatic rings. The second-order valence-electron chi connectivity index (χ2n) is 7.16. The maximum absolute atomic E-state index is 12.2. The predicted octanol–water partition coefficient (Wildman–Crippen LogP) is 1.75. The zero-order chi connectivity index (χ0) is 19.6.